The second-order valence-corrected chi connectivity index (χ2v) is 3.41. The van der Waals surface area contributed by atoms with Gasteiger partial charge in [0.2, 0.25) is 5.78 Å². The summed E-state index contributed by atoms with van der Waals surface area (Å²) in [5.74, 6) is 2.01. The predicted octanol–water partition coefficient (Wildman–Crippen LogP) is 0.903. The first kappa shape index (κ1) is 8.98. The van der Waals surface area contributed by atoms with Crippen LogP contribution in [0.5, 0.6) is 0 Å². The second kappa shape index (κ2) is 3.65. The Labute approximate surface area is 83.3 Å². The lowest BCUT2D eigenvalue weighted by molar-refractivity contribution is -0.115. The van der Waals surface area contributed by atoms with E-state index in [1.54, 1.807) is 0 Å². The molecular formula is C12H11NO. The summed E-state index contributed by atoms with van der Waals surface area (Å²) in [6.45, 7) is 0.730. The fourth-order valence-corrected chi connectivity index (χ4v) is 1.74. The highest BCUT2D eigenvalue weighted by Gasteiger charge is 2.21. The SMILES string of the molecule is C#CC(=O)[C@H]1Cc2ccccc2CN1. The number of nitrogens with one attached hydrogen (secondary N) is 1. The number of terminal acetylenes is 1. The number of ketones is 1. The summed E-state index contributed by atoms with van der Waals surface area (Å²) < 4.78 is 0. The van der Waals surface area contributed by atoms with Crippen molar-refractivity contribution in [1.82, 2.24) is 5.32 Å². The summed E-state index contributed by atoms with van der Waals surface area (Å²) in [6.07, 6.45) is 5.79. The Morgan fingerprint density at radius 1 is 1.43 bits per heavy atom. The number of benzene rings is 1. The Morgan fingerprint density at radius 2 is 2.14 bits per heavy atom. The third-order valence-corrected chi connectivity index (χ3v) is 2.54. The van der Waals surface area contributed by atoms with Crippen molar-refractivity contribution in [2.24, 2.45) is 0 Å². The molecule has 14 heavy (non-hydrogen) atoms. The van der Waals surface area contributed by atoms with Crippen molar-refractivity contribution in [2.75, 3.05) is 0 Å². The largest absolute Gasteiger partial charge is 0.302 e. The van der Waals surface area contributed by atoms with Gasteiger partial charge in [0.05, 0.1) is 6.04 Å². The van der Waals surface area contributed by atoms with E-state index >= 15 is 0 Å². The lowest BCUT2D eigenvalue weighted by Gasteiger charge is -2.23. The zero-order chi connectivity index (χ0) is 9.97. The van der Waals surface area contributed by atoms with Gasteiger partial charge in [-0.15, -0.1) is 6.42 Å². The van der Waals surface area contributed by atoms with Gasteiger partial charge in [-0.3, -0.25) is 4.79 Å². The first-order valence-electron chi connectivity index (χ1n) is 4.62. The normalized spacial score (nSPS) is 19.5. The number of rotatable bonds is 1. The van der Waals surface area contributed by atoms with Crippen LogP contribution in [0.3, 0.4) is 0 Å². The molecule has 0 saturated heterocycles. The van der Waals surface area contributed by atoms with Gasteiger partial charge in [0, 0.05) is 6.54 Å². The van der Waals surface area contributed by atoms with Crippen LogP contribution in [0.15, 0.2) is 24.3 Å². The van der Waals surface area contributed by atoms with Gasteiger partial charge < -0.3 is 5.32 Å². The molecular weight excluding hydrogens is 174 g/mol. The van der Waals surface area contributed by atoms with Gasteiger partial charge >= 0.3 is 0 Å². The number of fused-ring (bicyclic) bond motifs is 1. The van der Waals surface area contributed by atoms with Crippen LogP contribution in [-0.2, 0) is 17.8 Å². The van der Waals surface area contributed by atoms with Gasteiger partial charge in [-0.1, -0.05) is 24.3 Å². The molecule has 1 aromatic carbocycles. The molecule has 2 nitrogen and oxygen atoms in total. The highest BCUT2D eigenvalue weighted by molar-refractivity contribution is 5.99. The van der Waals surface area contributed by atoms with E-state index in [1.807, 2.05) is 18.2 Å². The minimum absolute atomic E-state index is 0.153. The van der Waals surface area contributed by atoms with Crippen molar-refractivity contribution >= 4 is 5.78 Å². The van der Waals surface area contributed by atoms with Gasteiger partial charge in [-0.05, 0) is 23.5 Å². The van der Waals surface area contributed by atoms with E-state index < -0.39 is 0 Å². The molecule has 1 aromatic rings. The maximum atomic E-state index is 11.3. The minimum atomic E-state index is -0.199. The number of hydrogen-bond donors (Lipinski definition) is 1. The Kier molecular flexibility index (Phi) is 2.34. The first-order valence-corrected chi connectivity index (χ1v) is 4.62. The maximum Gasteiger partial charge on any atom is 0.222 e. The fraction of sp³-hybridized carbons (Fsp3) is 0.250. The smallest absolute Gasteiger partial charge is 0.222 e. The minimum Gasteiger partial charge on any atom is -0.302 e. The predicted molar refractivity (Wildman–Crippen MR) is 54.6 cm³/mol. The van der Waals surface area contributed by atoms with Crippen molar-refractivity contribution in [3.05, 3.63) is 35.4 Å². The van der Waals surface area contributed by atoms with Crippen molar-refractivity contribution in [3.63, 3.8) is 0 Å². The molecule has 0 bridgehead atoms. The van der Waals surface area contributed by atoms with Crippen LogP contribution >= 0.6 is 0 Å². The molecule has 0 fully saturated rings. The van der Waals surface area contributed by atoms with E-state index in [0.29, 0.717) is 6.42 Å². The second-order valence-electron chi connectivity index (χ2n) is 3.41. The van der Waals surface area contributed by atoms with Crippen molar-refractivity contribution in [1.29, 1.82) is 0 Å². The fourth-order valence-electron chi connectivity index (χ4n) is 1.74. The summed E-state index contributed by atoms with van der Waals surface area (Å²) in [6, 6.07) is 7.91. The number of carbonyl (C=O) groups is 1. The van der Waals surface area contributed by atoms with Crippen LogP contribution in [0, 0.1) is 12.3 Å². The zero-order valence-electron chi connectivity index (χ0n) is 7.79. The molecule has 70 valence electrons. The first-order chi connectivity index (χ1) is 6.81. The van der Waals surface area contributed by atoms with E-state index in [1.165, 1.54) is 11.1 Å². The molecule has 1 atom stereocenters. The van der Waals surface area contributed by atoms with Gasteiger partial charge in [0.15, 0.2) is 0 Å². The zero-order valence-corrected chi connectivity index (χ0v) is 7.79. The topological polar surface area (TPSA) is 29.1 Å². The molecule has 0 spiro atoms. The van der Waals surface area contributed by atoms with Crippen LogP contribution in [0.4, 0.5) is 0 Å². The molecule has 0 radical (unpaired) electrons. The molecule has 2 rings (SSSR count). The van der Waals surface area contributed by atoms with Gasteiger partial charge in [0.1, 0.15) is 0 Å². The lowest BCUT2D eigenvalue weighted by Crippen LogP contribution is -2.41. The van der Waals surface area contributed by atoms with Crippen LogP contribution in [0.25, 0.3) is 0 Å². The number of Topliss-reactive ketones (excluding diaryl/α,β-unsaturated/α-hetero) is 1. The van der Waals surface area contributed by atoms with Crippen LogP contribution in [-0.4, -0.2) is 11.8 Å². The molecule has 0 amide bonds. The Bertz CT molecular complexity index is 403. The lowest BCUT2D eigenvalue weighted by atomic mass is 9.94. The summed E-state index contributed by atoms with van der Waals surface area (Å²) in [5.41, 5.74) is 2.48. The van der Waals surface area contributed by atoms with Crippen LogP contribution in [0.1, 0.15) is 11.1 Å². The summed E-state index contributed by atoms with van der Waals surface area (Å²) >= 11 is 0. The molecule has 1 heterocycles. The van der Waals surface area contributed by atoms with Crippen molar-refractivity contribution < 1.29 is 4.79 Å². The summed E-state index contributed by atoms with van der Waals surface area (Å²) in [5, 5.41) is 3.13. The standard InChI is InChI=1S/C12H11NO/c1-2-12(14)11-7-9-5-3-4-6-10(9)8-13-11/h1,3-6,11,13H,7-8H2/t11-/m1/s1. The number of carbonyl (C=O) groups excluding carboxylic acids is 1. The van der Waals surface area contributed by atoms with Gasteiger partial charge in [0.25, 0.3) is 0 Å². The van der Waals surface area contributed by atoms with Crippen LogP contribution in [0.2, 0.25) is 0 Å². The monoisotopic (exact) mass is 185 g/mol. The molecule has 1 N–H and O–H groups in total. The van der Waals surface area contributed by atoms with E-state index in [9.17, 15) is 4.79 Å². The van der Waals surface area contributed by atoms with E-state index in [4.69, 9.17) is 6.42 Å². The summed E-state index contributed by atoms with van der Waals surface area (Å²) in [7, 11) is 0. The van der Waals surface area contributed by atoms with E-state index in [0.717, 1.165) is 6.54 Å². The van der Waals surface area contributed by atoms with Gasteiger partial charge in [-0.2, -0.15) is 0 Å². The average Bonchev–Trinajstić information content (AvgIpc) is 2.27. The highest BCUT2D eigenvalue weighted by Crippen LogP contribution is 2.16. The Morgan fingerprint density at radius 3 is 2.86 bits per heavy atom. The van der Waals surface area contributed by atoms with Gasteiger partial charge in [-0.25, -0.2) is 0 Å². The van der Waals surface area contributed by atoms with Crippen molar-refractivity contribution in [3.8, 4) is 12.3 Å². The maximum absolute atomic E-state index is 11.3. The molecule has 0 aliphatic carbocycles. The molecule has 1 aliphatic rings. The average molecular weight is 185 g/mol. The summed E-state index contributed by atoms with van der Waals surface area (Å²) in [4.78, 5) is 11.3. The Hall–Kier alpha value is -1.59. The molecule has 0 aromatic heterocycles. The van der Waals surface area contributed by atoms with E-state index in [2.05, 4.69) is 17.3 Å². The Balaban J connectivity index is 2.22. The third-order valence-electron chi connectivity index (χ3n) is 2.54. The number of hydrogen-bond acceptors (Lipinski definition) is 2. The molecule has 1 aliphatic heterocycles. The molecule has 2 heteroatoms. The quantitative estimate of drug-likeness (QED) is 0.520. The highest BCUT2D eigenvalue weighted by atomic mass is 16.1. The third kappa shape index (κ3) is 1.55. The van der Waals surface area contributed by atoms with Crippen LogP contribution < -0.4 is 5.32 Å². The molecule has 0 unspecified atom stereocenters. The van der Waals surface area contributed by atoms with Crippen molar-refractivity contribution in [2.45, 2.75) is 19.0 Å². The molecule has 0 saturated carbocycles. The van der Waals surface area contributed by atoms with E-state index in [-0.39, 0.29) is 11.8 Å².